The molecule has 0 saturated carbocycles. The summed E-state index contributed by atoms with van der Waals surface area (Å²) < 4.78 is 16.5. The Kier molecular flexibility index (Phi) is 3.52. The van der Waals surface area contributed by atoms with Crippen molar-refractivity contribution in [2.75, 3.05) is 6.79 Å². The maximum Gasteiger partial charge on any atom is 0.244 e. The van der Waals surface area contributed by atoms with Gasteiger partial charge >= 0.3 is 0 Å². The van der Waals surface area contributed by atoms with Crippen molar-refractivity contribution in [3.8, 4) is 34.7 Å². The summed E-state index contributed by atoms with van der Waals surface area (Å²) in [5, 5.41) is 17.1. The molecule has 2 aliphatic rings. The number of fused-ring (bicyclic) bond motifs is 2. The number of nitriles is 1. The molecule has 3 heterocycles. The molecule has 28 heavy (non-hydrogen) atoms. The van der Waals surface area contributed by atoms with Crippen molar-refractivity contribution in [2.45, 2.75) is 12.8 Å². The largest absolute Gasteiger partial charge is 0.454 e. The van der Waals surface area contributed by atoms with Gasteiger partial charge in [-0.25, -0.2) is 0 Å². The van der Waals surface area contributed by atoms with Crippen LogP contribution in [-0.4, -0.2) is 17.0 Å². The summed E-state index contributed by atoms with van der Waals surface area (Å²) in [5.74, 6) is 1.43. The minimum Gasteiger partial charge on any atom is -0.454 e. The molecule has 1 aromatic heterocycles. The predicted molar refractivity (Wildman–Crippen MR) is 101 cm³/mol. The van der Waals surface area contributed by atoms with Crippen LogP contribution in [0.1, 0.15) is 22.6 Å². The van der Waals surface area contributed by atoms with Crippen LogP contribution in [0, 0.1) is 18.3 Å². The van der Waals surface area contributed by atoms with Crippen molar-refractivity contribution < 1.29 is 14.2 Å². The van der Waals surface area contributed by atoms with Gasteiger partial charge in [0.25, 0.3) is 0 Å². The van der Waals surface area contributed by atoms with E-state index in [1.807, 2.05) is 49.4 Å². The second kappa shape index (κ2) is 6.06. The molecule has 7 nitrogen and oxygen atoms in total. The van der Waals surface area contributed by atoms with E-state index in [2.05, 4.69) is 16.3 Å². The molecule has 0 amide bonds. The highest BCUT2D eigenvalue weighted by atomic mass is 16.7. The molecule has 3 aromatic rings. The first-order valence-electron chi connectivity index (χ1n) is 8.78. The minimum atomic E-state index is -0.382. The highest BCUT2D eigenvalue weighted by Gasteiger charge is 2.35. The number of aromatic nitrogens is 2. The Bertz CT molecular complexity index is 1170. The number of benzene rings is 2. The van der Waals surface area contributed by atoms with Gasteiger partial charge in [-0.15, -0.1) is 5.10 Å². The number of ether oxygens (including phenoxy) is 3. The number of hydrogen-bond acceptors (Lipinski definition) is 6. The van der Waals surface area contributed by atoms with Gasteiger partial charge in [-0.05, 0) is 30.7 Å². The van der Waals surface area contributed by atoms with E-state index in [4.69, 9.17) is 19.9 Å². The van der Waals surface area contributed by atoms with E-state index >= 15 is 0 Å². The summed E-state index contributed by atoms with van der Waals surface area (Å²) in [6.07, 6.45) is 0. The number of H-pyrrole nitrogens is 1. The van der Waals surface area contributed by atoms with Gasteiger partial charge in [0, 0.05) is 5.56 Å². The third kappa shape index (κ3) is 2.39. The van der Waals surface area contributed by atoms with Crippen molar-refractivity contribution in [3.05, 3.63) is 70.6 Å². The number of nitrogens with two attached hydrogens (primary N) is 1. The SMILES string of the molecule is Cc1cccc([C@H]2C(C#N)=C(N)Oc3n[nH]c(-c4ccc5c(c4)OCO5)c32)c1. The average Bonchev–Trinajstić information content (AvgIpc) is 3.32. The Morgan fingerprint density at radius 1 is 1.18 bits per heavy atom. The summed E-state index contributed by atoms with van der Waals surface area (Å²) >= 11 is 0. The van der Waals surface area contributed by atoms with Crippen LogP contribution in [0.4, 0.5) is 0 Å². The zero-order chi connectivity index (χ0) is 19.3. The highest BCUT2D eigenvalue weighted by Crippen LogP contribution is 2.46. The Hall–Kier alpha value is -3.92. The van der Waals surface area contributed by atoms with Gasteiger partial charge in [-0.2, -0.15) is 5.26 Å². The minimum absolute atomic E-state index is 0.0743. The number of nitrogens with zero attached hydrogens (tertiary/aromatic N) is 2. The number of aromatic amines is 1. The normalized spacial score (nSPS) is 17.1. The average molecular weight is 372 g/mol. The second-order valence-corrected chi connectivity index (χ2v) is 6.72. The van der Waals surface area contributed by atoms with Gasteiger partial charge in [-0.1, -0.05) is 29.8 Å². The fourth-order valence-corrected chi connectivity index (χ4v) is 3.70. The molecule has 0 bridgehead atoms. The lowest BCUT2D eigenvalue weighted by molar-refractivity contribution is 0.174. The quantitative estimate of drug-likeness (QED) is 0.715. The first kappa shape index (κ1) is 16.3. The Balaban J connectivity index is 1.71. The van der Waals surface area contributed by atoms with Crippen LogP contribution in [-0.2, 0) is 0 Å². The molecule has 5 rings (SSSR count). The lowest BCUT2D eigenvalue weighted by Gasteiger charge is -2.24. The van der Waals surface area contributed by atoms with E-state index < -0.39 is 0 Å². The van der Waals surface area contributed by atoms with Crippen LogP contribution in [0.2, 0.25) is 0 Å². The van der Waals surface area contributed by atoms with Gasteiger partial charge in [0.15, 0.2) is 11.5 Å². The molecule has 3 N–H and O–H groups in total. The maximum atomic E-state index is 9.78. The van der Waals surface area contributed by atoms with Gasteiger partial charge in [0.1, 0.15) is 11.6 Å². The van der Waals surface area contributed by atoms with Crippen molar-refractivity contribution in [1.82, 2.24) is 10.2 Å². The number of hydrogen-bond donors (Lipinski definition) is 2. The van der Waals surface area contributed by atoms with Crippen molar-refractivity contribution >= 4 is 0 Å². The molecule has 0 spiro atoms. The molecule has 0 unspecified atom stereocenters. The molecular weight excluding hydrogens is 356 g/mol. The summed E-state index contributed by atoms with van der Waals surface area (Å²) in [7, 11) is 0. The summed E-state index contributed by atoms with van der Waals surface area (Å²) in [6, 6.07) is 15.9. The molecule has 7 heteroatoms. The standard InChI is InChI=1S/C21H16N4O3/c1-11-3-2-4-12(7-11)17-14(9-22)20(23)28-21-18(17)19(24-25-21)13-5-6-15-16(8-13)27-10-26-15/h2-8,17H,10,23H2,1H3,(H,24,25)/t17-/m0/s1. The van der Waals surface area contributed by atoms with E-state index in [1.165, 1.54) is 0 Å². The van der Waals surface area contributed by atoms with Crippen LogP contribution in [0.5, 0.6) is 17.4 Å². The zero-order valence-electron chi connectivity index (χ0n) is 15.0. The number of allylic oxidation sites excluding steroid dienone is 1. The molecule has 1 atom stereocenters. The number of nitrogens with one attached hydrogen (secondary N) is 1. The van der Waals surface area contributed by atoms with Gasteiger partial charge < -0.3 is 19.9 Å². The topological polar surface area (TPSA) is 106 Å². The van der Waals surface area contributed by atoms with Crippen molar-refractivity contribution in [3.63, 3.8) is 0 Å². The highest BCUT2D eigenvalue weighted by molar-refractivity contribution is 5.73. The van der Waals surface area contributed by atoms with Crippen LogP contribution < -0.4 is 19.9 Å². The van der Waals surface area contributed by atoms with Crippen molar-refractivity contribution in [1.29, 1.82) is 5.26 Å². The molecule has 138 valence electrons. The van der Waals surface area contributed by atoms with E-state index in [0.29, 0.717) is 23.0 Å². The summed E-state index contributed by atoms with van der Waals surface area (Å²) in [6.45, 7) is 2.21. The molecular formula is C21H16N4O3. The Labute approximate surface area is 161 Å². The van der Waals surface area contributed by atoms with E-state index in [0.717, 1.165) is 27.9 Å². The number of rotatable bonds is 2. The smallest absolute Gasteiger partial charge is 0.244 e. The molecule has 0 aliphatic carbocycles. The third-order valence-corrected chi connectivity index (χ3v) is 4.98. The maximum absolute atomic E-state index is 9.78. The molecule has 2 aromatic carbocycles. The van der Waals surface area contributed by atoms with Crippen LogP contribution >= 0.6 is 0 Å². The third-order valence-electron chi connectivity index (χ3n) is 4.98. The van der Waals surface area contributed by atoms with Crippen LogP contribution in [0.25, 0.3) is 11.3 Å². The molecule has 2 aliphatic heterocycles. The monoisotopic (exact) mass is 372 g/mol. The van der Waals surface area contributed by atoms with Crippen LogP contribution in [0.3, 0.4) is 0 Å². The fraction of sp³-hybridized carbons (Fsp3) is 0.143. The van der Waals surface area contributed by atoms with E-state index in [1.54, 1.807) is 0 Å². The molecule has 0 saturated heterocycles. The zero-order valence-corrected chi connectivity index (χ0v) is 15.0. The predicted octanol–water partition coefficient (Wildman–Crippen LogP) is 3.33. The van der Waals surface area contributed by atoms with Gasteiger partial charge in [-0.3, -0.25) is 5.10 Å². The molecule has 0 fully saturated rings. The van der Waals surface area contributed by atoms with Crippen molar-refractivity contribution in [2.24, 2.45) is 5.73 Å². The Morgan fingerprint density at radius 2 is 2.04 bits per heavy atom. The van der Waals surface area contributed by atoms with Gasteiger partial charge in [0.2, 0.25) is 18.6 Å². The first-order chi connectivity index (χ1) is 13.7. The number of aryl methyl sites for hydroxylation is 1. The fourth-order valence-electron chi connectivity index (χ4n) is 3.70. The Morgan fingerprint density at radius 3 is 2.86 bits per heavy atom. The summed E-state index contributed by atoms with van der Waals surface area (Å²) in [4.78, 5) is 0. The lowest BCUT2D eigenvalue weighted by Crippen LogP contribution is -2.21. The van der Waals surface area contributed by atoms with Gasteiger partial charge in [0.05, 0.1) is 17.2 Å². The van der Waals surface area contributed by atoms with Crippen LogP contribution in [0.15, 0.2) is 53.9 Å². The van der Waals surface area contributed by atoms with E-state index in [9.17, 15) is 5.26 Å². The molecule has 0 radical (unpaired) electrons. The first-order valence-corrected chi connectivity index (χ1v) is 8.78. The summed E-state index contributed by atoms with van der Waals surface area (Å²) in [5.41, 5.74) is 10.8. The van der Waals surface area contributed by atoms with E-state index in [-0.39, 0.29) is 18.6 Å². The lowest BCUT2D eigenvalue weighted by atomic mass is 9.82. The second-order valence-electron chi connectivity index (χ2n) is 6.72.